The summed E-state index contributed by atoms with van der Waals surface area (Å²) < 4.78 is 12.9. The van der Waals surface area contributed by atoms with Crippen LogP contribution in [0, 0.1) is 18.8 Å². The number of aryl methyl sites for hydroxylation is 1. The molecule has 2 amide bonds. The van der Waals surface area contributed by atoms with E-state index >= 15 is 0 Å². The molecule has 1 aromatic carbocycles. The maximum absolute atomic E-state index is 12.6. The molecule has 174 valence electrons. The van der Waals surface area contributed by atoms with Crippen LogP contribution < -0.4 is 5.32 Å². The van der Waals surface area contributed by atoms with Crippen molar-refractivity contribution in [2.24, 2.45) is 11.8 Å². The number of carbonyl (C=O) groups excluding carboxylic acids is 2. The number of fused-ring (bicyclic) bond motifs is 1. The summed E-state index contributed by atoms with van der Waals surface area (Å²) in [6.45, 7) is 11.5. The van der Waals surface area contributed by atoms with E-state index in [4.69, 9.17) is 9.47 Å². The predicted molar refractivity (Wildman–Crippen MR) is 122 cm³/mol. The molecule has 2 aliphatic rings. The number of aromatic nitrogens is 2. The molecule has 2 heterocycles. The molecule has 1 saturated heterocycles. The maximum Gasteiger partial charge on any atom is 0.410 e. The molecule has 0 radical (unpaired) electrons. The van der Waals surface area contributed by atoms with Gasteiger partial charge in [-0.2, -0.15) is 5.10 Å². The zero-order chi connectivity index (χ0) is 22.9. The second-order valence-electron chi connectivity index (χ2n) is 10.1. The summed E-state index contributed by atoms with van der Waals surface area (Å²) in [6, 6.07) is 3.86. The van der Waals surface area contributed by atoms with Crippen molar-refractivity contribution >= 4 is 22.9 Å². The Morgan fingerprint density at radius 3 is 2.62 bits per heavy atom. The Kier molecular flexibility index (Phi) is 6.42. The van der Waals surface area contributed by atoms with E-state index in [1.165, 1.54) is 12.8 Å². The van der Waals surface area contributed by atoms with Gasteiger partial charge in [-0.15, -0.1) is 0 Å². The average Bonchev–Trinajstić information content (AvgIpc) is 3.40. The Morgan fingerprint density at radius 2 is 1.94 bits per heavy atom. The highest BCUT2D eigenvalue weighted by Gasteiger charge is 2.34. The van der Waals surface area contributed by atoms with Gasteiger partial charge in [-0.05, 0) is 64.2 Å². The third-order valence-corrected chi connectivity index (χ3v) is 5.78. The van der Waals surface area contributed by atoms with Crippen molar-refractivity contribution in [1.29, 1.82) is 0 Å². The highest BCUT2D eigenvalue weighted by atomic mass is 16.6. The molecule has 2 fully saturated rings. The summed E-state index contributed by atoms with van der Waals surface area (Å²) in [5.74, 6) is 0.989. The lowest BCUT2D eigenvalue weighted by Crippen LogP contribution is -2.52. The van der Waals surface area contributed by atoms with Gasteiger partial charge in [0.1, 0.15) is 5.60 Å². The van der Waals surface area contributed by atoms with Crippen molar-refractivity contribution in [3.8, 4) is 0 Å². The first kappa shape index (κ1) is 22.6. The fourth-order valence-electron chi connectivity index (χ4n) is 3.86. The van der Waals surface area contributed by atoms with E-state index in [-0.39, 0.29) is 12.0 Å². The molecule has 1 aliphatic carbocycles. The summed E-state index contributed by atoms with van der Waals surface area (Å²) in [4.78, 5) is 26.4. The standard InChI is InChI=1S/C24H34N4O4/c1-16-9-21-19(10-20(16)22(29)25-7-8-31-15-17-5-6-17)14-28(26-21)13-18-11-27(12-18)23(30)32-24(2,3)4/h9-10,14,17-18H,5-8,11-13,15H2,1-4H3,(H,25,29). The number of carbonyl (C=O) groups is 2. The zero-order valence-electron chi connectivity index (χ0n) is 19.5. The quantitative estimate of drug-likeness (QED) is 0.634. The van der Waals surface area contributed by atoms with Gasteiger partial charge in [0.25, 0.3) is 5.91 Å². The summed E-state index contributed by atoms with van der Waals surface area (Å²) in [6.07, 6.45) is 4.24. The first-order valence-corrected chi connectivity index (χ1v) is 11.5. The maximum atomic E-state index is 12.6. The van der Waals surface area contributed by atoms with Crippen LogP contribution >= 0.6 is 0 Å². The molecule has 2 aromatic rings. The fraction of sp³-hybridized carbons (Fsp3) is 0.625. The van der Waals surface area contributed by atoms with Crippen LogP contribution in [-0.4, -0.2) is 65.1 Å². The van der Waals surface area contributed by atoms with Crippen molar-refractivity contribution < 1.29 is 19.1 Å². The zero-order valence-corrected chi connectivity index (χ0v) is 19.5. The summed E-state index contributed by atoms with van der Waals surface area (Å²) >= 11 is 0. The summed E-state index contributed by atoms with van der Waals surface area (Å²) in [5.41, 5.74) is 1.96. The largest absolute Gasteiger partial charge is 0.444 e. The smallest absolute Gasteiger partial charge is 0.410 e. The van der Waals surface area contributed by atoms with E-state index in [1.807, 2.05) is 50.7 Å². The van der Waals surface area contributed by atoms with Crippen molar-refractivity contribution in [3.05, 3.63) is 29.5 Å². The Morgan fingerprint density at radius 1 is 1.19 bits per heavy atom. The monoisotopic (exact) mass is 442 g/mol. The molecule has 0 bridgehead atoms. The normalized spacial score (nSPS) is 16.8. The van der Waals surface area contributed by atoms with Crippen molar-refractivity contribution in [2.75, 3.05) is 32.8 Å². The van der Waals surface area contributed by atoms with Gasteiger partial charge in [-0.1, -0.05) is 0 Å². The van der Waals surface area contributed by atoms with E-state index < -0.39 is 5.60 Å². The number of amides is 2. The lowest BCUT2D eigenvalue weighted by atomic mass is 10.0. The minimum absolute atomic E-state index is 0.0841. The van der Waals surface area contributed by atoms with Crippen LogP contribution in [0.15, 0.2) is 18.3 Å². The minimum Gasteiger partial charge on any atom is -0.444 e. The third kappa shape index (κ3) is 5.79. The van der Waals surface area contributed by atoms with E-state index in [2.05, 4.69) is 10.4 Å². The predicted octanol–water partition coefficient (Wildman–Crippen LogP) is 3.37. The average molecular weight is 443 g/mol. The highest BCUT2D eigenvalue weighted by molar-refractivity contribution is 5.99. The molecule has 8 nitrogen and oxygen atoms in total. The van der Waals surface area contributed by atoms with Crippen LogP contribution in [0.1, 0.15) is 49.5 Å². The molecule has 32 heavy (non-hydrogen) atoms. The van der Waals surface area contributed by atoms with Crippen molar-refractivity contribution in [1.82, 2.24) is 20.0 Å². The summed E-state index contributed by atoms with van der Waals surface area (Å²) in [7, 11) is 0. The Balaban J connectivity index is 1.29. The van der Waals surface area contributed by atoms with Crippen LogP contribution in [0.5, 0.6) is 0 Å². The van der Waals surface area contributed by atoms with Crippen molar-refractivity contribution in [2.45, 2.75) is 52.7 Å². The molecule has 8 heteroatoms. The van der Waals surface area contributed by atoms with Crippen LogP contribution in [0.4, 0.5) is 4.79 Å². The van der Waals surface area contributed by atoms with Crippen LogP contribution in [0.3, 0.4) is 0 Å². The van der Waals surface area contributed by atoms with E-state index in [0.717, 1.165) is 35.5 Å². The molecule has 4 rings (SSSR count). The topological polar surface area (TPSA) is 85.7 Å². The molecule has 1 aromatic heterocycles. The molecular weight excluding hydrogens is 408 g/mol. The Hall–Kier alpha value is -2.61. The van der Waals surface area contributed by atoms with Gasteiger partial charge in [0, 0.05) is 55.9 Å². The lowest BCUT2D eigenvalue weighted by Gasteiger charge is -2.39. The number of rotatable bonds is 8. The SMILES string of the molecule is Cc1cc2nn(CC3CN(C(=O)OC(C)(C)C)C3)cc2cc1C(=O)NCCOCC1CC1. The second kappa shape index (κ2) is 9.10. The highest BCUT2D eigenvalue weighted by Crippen LogP contribution is 2.28. The Bertz CT molecular complexity index is 984. The number of likely N-dealkylation sites (tertiary alicyclic amines) is 1. The number of benzene rings is 1. The number of ether oxygens (including phenoxy) is 2. The van der Waals surface area contributed by atoms with Crippen LogP contribution in [0.2, 0.25) is 0 Å². The molecule has 1 N–H and O–H groups in total. The molecule has 1 saturated carbocycles. The van der Waals surface area contributed by atoms with Crippen LogP contribution in [0.25, 0.3) is 10.9 Å². The van der Waals surface area contributed by atoms with Gasteiger partial charge < -0.3 is 19.7 Å². The van der Waals surface area contributed by atoms with E-state index in [1.54, 1.807) is 4.90 Å². The Labute approximate surface area is 189 Å². The first-order chi connectivity index (χ1) is 15.2. The minimum atomic E-state index is -0.479. The van der Waals surface area contributed by atoms with Gasteiger partial charge in [0.05, 0.1) is 12.1 Å². The van der Waals surface area contributed by atoms with Gasteiger partial charge in [0.2, 0.25) is 0 Å². The second-order valence-corrected chi connectivity index (χ2v) is 10.1. The summed E-state index contributed by atoms with van der Waals surface area (Å²) in [5, 5.41) is 8.55. The van der Waals surface area contributed by atoms with Gasteiger partial charge in [-0.25, -0.2) is 4.79 Å². The number of nitrogens with one attached hydrogen (secondary N) is 1. The van der Waals surface area contributed by atoms with E-state index in [9.17, 15) is 9.59 Å². The fourth-order valence-corrected chi connectivity index (χ4v) is 3.86. The lowest BCUT2D eigenvalue weighted by molar-refractivity contribution is -0.00381. The number of hydrogen-bond donors (Lipinski definition) is 1. The molecule has 0 unspecified atom stereocenters. The van der Waals surface area contributed by atoms with Gasteiger partial charge in [0.15, 0.2) is 0 Å². The molecule has 0 spiro atoms. The first-order valence-electron chi connectivity index (χ1n) is 11.5. The van der Waals surface area contributed by atoms with Gasteiger partial charge >= 0.3 is 6.09 Å². The van der Waals surface area contributed by atoms with E-state index in [0.29, 0.717) is 37.7 Å². The molecular formula is C24H34N4O4. The number of nitrogens with zero attached hydrogens (tertiary/aromatic N) is 3. The van der Waals surface area contributed by atoms with Crippen molar-refractivity contribution in [3.63, 3.8) is 0 Å². The van der Waals surface area contributed by atoms with Gasteiger partial charge in [-0.3, -0.25) is 9.48 Å². The molecule has 1 aliphatic heterocycles. The third-order valence-electron chi connectivity index (χ3n) is 5.78. The molecule has 0 atom stereocenters. The van der Waals surface area contributed by atoms with Crippen LogP contribution in [-0.2, 0) is 16.0 Å². The number of hydrogen-bond acceptors (Lipinski definition) is 5.